The van der Waals surface area contributed by atoms with Crippen LogP contribution in [0.2, 0.25) is 0 Å². The molecule has 0 aliphatic rings. The fourth-order valence-electron chi connectivity index (χ4n) is 5.32. The Kier molecular flexibility index (Phi) is 5.80. The molecule has 1 heterocycles. The van der Waals surface area contributed by atoms with Crippen LogP contribution in [0.3, 0.4) is 0 Å². The van der Waals surface area contributed by atoms with Crippen molar-refractivity contribution in [2.24, 2.45) is 0 Å². The maximum Gasteiger partial charge on any atom is 0.137 e. The third kappa shape index (κ3) is 4.20. The van der Waals surface area contributed by atoms with Crippen LogP contribution in [0.4, 0.5) is 34.1 Å². The van der Waals surface area contributed by atoms with E-state index in [1.54, 1.807) is 0 Å². The highest BCUT2D eigenvalue weighted by Crippen LogP contribution is 2.44. The van der Waals surface area contributed by atoms with Gasteiger partial charge in [-0.15, -0.1) is 0 Å². The van der Waals surface area contributed by atoms with Gasteiger partial charge in [0.25, 0.3) is 0 Å². The van der Waals surface area contributed by atoms with E-state index < -0.39 is 0 Å². The van der Waals surface area contributed by atoms with Crippen molar-refractivity contribution < 1.29 is 4.42 Å². The van der Waals surface area contributed by atoms with Crippen molar-refractivity contribution in [3.8, 4) is 0 Å². The minimum atomic E-state index is 0.876. The third-order valence-corrected chi connectivity index (χ3v) is 7.01. The molecule has 0 N–H and O–H groups in total. The van der Waals surface area contributed by atoms with E-state index in [-0.39, 0.29) is 0 Å². The second-order valence-corrected chi connectivity index (χ2v) is 9.45. The van der Waals surface area contributed by atoms with Gasteiger partial charge in [-0.2, -0.15) is 0 Å². The van der Waals surface area contributed by atoms with Crippen molar-refractivity contribution in [2.45, 2.75) is 0 Å². The predicted molar refractivity (Wildman–Crippen MR) is 163 cm³/mol. The standard InChI is InChI=1S/C36H26N2O/c1-4-14-27(15-5-1)37(28-16-6-2-7-17-28)30-20-12-21-31(26-30)38(29-18-8-3-9-19-29)33-23-13-25-35-36(33)32-22-10-11-24-34(32)39-35/h1-26H. The molecule has 0 radical (unpaired) electrons. The molecule has 0 spiro atoms. The summed E-state index contributed by atoms with van der Waals surface area (Å²) < 4.78 is 6.26. The first-order chi connectivity index (χ1) is 19.4. The van der Waals surface area contributed by atoms with Gasteiger partial charge in [0.1, 0.15) is 11.2 Å². The van der Waals surface area contributed by atoms with E-state index in [0.717, 1.165) is 56.1 Å². The lowest BCUT2D eigenvalue weighted by molar-refractivity contribution is 0.669. The number of hydrogen-bond donors (Lipinski definition) is 0. The van der Waals surface area contributed by atoms with Crippen LogP contribution in [0.25, 0.3) is 21.9 Å². The lowest BCUT2D eigenvalue weighted by atomic mass is 10.1. The maximum atomic E-state index is 6.26. The molecule has 0 saturated heterocycles. The van der Waals surface area contributed by atoms with Gasteiger partial charge in [0, 0.05) is 33.8 Å². The maximum absolute atomic E-state index is 6.26. The minimum absolute atomic E-state index is 0.876. The number of para-hydroxylation sites is 4. The summed E-state index contributed by atoms with van der Waals surface area (Å²) >= 11 is 0. The Balaban J connectivity index is 1.45. The van der Waals surface area contributed by atoms with Crippen molar-refractivity contribution in [1.82, 2.24) is 0 Å². The lowest BCUT2D eigenvalue weighted by Crippen LogP contribution is -2.13. The van der Waals surface area contributed by atoms with E-state index in [1.807, 2.05) is 18.2 Å². The number of furan rings is 1. The van der Waals surface area contributed by atoms with Gasteiger partial charge in [-0.05, 0) is 72.8 Å². The quantitative estimate of drug-likeness (QED) is 0.225. The Hall–Kier alpha value is -5.28. The summed E-state index contributed by atoms with van der Waals surface area (Å²) in [6.07, 6.45) is 0. The van der Waals surface area contributed by atoms with E-state index in [0.29, 0.717) is 0 Å². The molecule has 7 aromatic rings. The Morgan fingerprint density at radius 3 is 1.46 bits per heavy atom. The molecule has 0 bridgehead atoms. The van der Waals surface area contributed by atoms with Gasteiger partial charge in [0.15, 0.2) is 0 Å². The van der Waals surface area contributed by atoms with Gasteiger partial charge in [-0.1, -0.05) is 84.9 Å². The third-order valence-electron chi connectivity index (χ3n) is 7.01. The molecule has 7 rings (SSSR count). The molecule has 1 aromatic heterocycles. The predicted octanol–water partition coefficient (Wildman–Crippen LogP) is 10.5. The molecule has 3 nitrogen and oxygen atoms in total. The lowest BCUT2D eigenvalue weighted by Gasteiger charge is -2.29. The van der Waals surface area contributed by atoms with Crippen molar-refractivity contribution in [2.75, 3.05) is 9.80 Å². The second-order valence-electron chi connectivity index (χ2n) is 9.45. The van der Waals surface area contributed by atoms with Crippen molar-refractivity contribution in [3.05, 3.63) is 158 Å². The van der Waals surface area contributed by atoms with Crippen LogP contribution in [0.15, 0.2) is 162 Å². The molecular formula is C36H26N2O. The molecule has 0 saturated carbocycles. The summed E-state index contributed by atoms with van der Waals surface area (Å²) in [5.41, 5.74) is 8.28. The number of hydrogen-bond acceptors (Lipinski definition) is 3. The van der Waals surface area contributed by atoms with E-state index in [2.05, 4.69) is 149 Å². The van der Waals surface area contributed by atoms with Gasteiger partial charge < -0.3 is 14.2 Å². The summed E-state index contributed by atoms with van der Waals surface area (Å²) in [4.78, 5) is 4.61. The molecule has 0 aliphatic heterocycles. The highest BCUT2D eigenvalue weighted by Gasteiger charge is 2.20. The largest absolute Gasteiger partial charge is 0.456 e. The Bertz CT molecular complexity index is 1820. The van der Waals surface area contributed by atoms with E-state index in [9.17, 15) is 0 Å². The first kappa shape index (κ1) is 22.9. The number of rotatable bonds is 6. The molecule has 186 valence electrons. The van der Waals surface area contributed by atoms with E-state index in [4.69, 9.17) is 4.42 Å². The molecular weight excluding hydrogens is 476 g/mol. The average Bonchev–Trinajstić information content (AvgIpc) is 3.39. The molecule has 3 heteroatoms. The molecule has 0 amide bonds. The summed E-state index contributed by atoms with van der Waals surface area (Å²) in [5.74, 6) is 0. The van der Waals surface area contributed by atoms with Crippen LogP contribution in [-0.4, -0.2) is 0 Å². The van der Waals surface area contributed by atoms with Gasteiger partial charge in [-0.3, -0.25) is 0 Å². The topological polar surface area (TPSA) is 19.6 Å². The number of benzene rings is 6. The number of anilines is 6. The fourth-order valence-corrected chi connectivity index (χ4v) is 5.32. The number of fused-ring (bicyclic) bond motifs is 3. The van der Waals surface area contributed by atoms with E-state index >= 15 is 0 Å². The van der Waals surface area contributed by atoms with Gasteiger partial charge in [0.2, 0.25) is 0 Å². The molecule has 0 atom stereocenters. The van der Waals surface area contributed by atoms with Crippen LogP contribution in [-0.2, 0) is 0 Å². The Morgan fingerprint density at radius 2 is 0.821 bits per heavy atom. The van der Waals surface area contributed by atoms with Crippen LogP contribution in [0.5, 0.6) is 0 Å². The summed E-state index contributed by atoms with van der Waals surface area (Å²) in [7, 11) is 0. The first-order valence-electron chi connectivity index (χ1n) is 13.1. The smallest absolute Gasteiger partial charge is 0.137 e. The first-order valence-corrected chi connectivity index (χ1v) is 13.1. The van der Waals surface area contributed by atoms with Crippen LogP contribution >= 0.6 is 0 Å². The second kappa shape index (κ2) is 9.88. The average molecular weight is 503 g/mol. The zero-order valence-electron chi connectivity index (χ0n) is 21.3. The molecule has 0 unspecified atom stereocenters. The molecule has 39 heavy (non-hydrogen) atoms. The Labute approximate surface area is 227 Å². The molecule has 0 fully saturated rings. The van der Waals surface area contributed by atoms with Crippen molar-refractivity contribution >= 4 is 56.1 Å². The normalized spacial score (nSPS) is 11.1. The Morgan fingerprint density at radius 1 is 0.359 bits per heavy atom. The van der Waals surface area contributed by atoms with Gasteiger partial charge in [0.05, 0.1) is 11.1 Å². The molecule has 0 aliphatic carbocycles. The molecule has 6 aromatic carbocycles. The van der Waals surface area contributed by atoms with Gasteiger partial charge >= 0.3 is 0 Å². The van der Waals surface area contributed by atoms with Crippen LogP contribution in [0, 0.1) is 0 Å². The van der Waals surface area contributed by atoms with Crippen LogP contribution in [0.1, 0.15) is 0 Å². The van der Waals surface area contributed by atoms with Crippen molar-refractivity contribution in [3.63, 3.8) is 0 Å². The summed E-state index contributed by atoms with van der Waals surface area (Å²) in [5, 5.41) is 2.21. The van der Waals surface area contributed by atoms with E-state index in [1.165, 1.54) is 0 Å². The monoisotopic (exact) mass is 502 g/mol. The zero-order valence-corrected chi connectivity index (χ0v) is 21.3. The highest BCUT2D eigenvalue weighted by atomic mass is 16.3. The van der Waals surface area contributed by atoms with Crippen molar-refractivity contribution in [1.29, 1.82) is 0 Å². The highest BCUT2D eigenvalue weighted by molar-refractivity contribution is 6.13. The minimum Gasteiger partial charge on any atom is -0.456 e. The SMILES string of the molecule is c1ccc(N(c2ccccc2)c2cccc(N(c3ccccc3)c3cccc4oc5ccccc5c34)c2)cc1. The fraction of sp³-hybridized carbons (Fsp3) is 0. The summed E-state index contributed by atoms with van der Waals surface area (Å²) in [6.45, 7) is 0. The number of nitrogens with zero attached hydrogens (tertiary/aromatic N) is 2. The summed E-state index contributed by atoms with van der Waals surface area (Å²) in [6, 6.07) is 54.8. The zero-order chi connectivity index (χ0) is 26.0. The van der Waals surface area contributed by atoms with Crippen LogP contribution < -0.4 is 9.80 Å². The van der Waals surface area contributed by atoms with Gasteiger partial charge in [-0.25, -0.2) is 0 Å².